The molecule has 4 rings (SSSR count). The Balaban J connectivity index is 1.76. The number of carbonyl (C=O) groups excluding carboxylic acids is 1. The van der Waals surface area contributed by atoms with Gasteiger partial charge in [-0.25, -0.2) is 0 Å². The second-order valence-corrected chi connectivity index (χ2v) is 7.30. The van der Waals surface area contributed by atoms with Crippen molar-refractivity contribution in [1.82, 2.24) is 4.90 Å². The molecule has 0 saturated carbocycles. The summed E-state index contributed by atoms with van der Waals surface area (Å²) < 4.78 is 5.21. The zero-order valence-electron chi connectivity index (χ0n) is 15.9. The molecule has 3 aromatic carbocycles. The molecule has 0 aliphatic carbocycles. The molecule has 29 heavy (non-hydrogen) atoms. The molecule has 0 aromatic heterocycles. The van der Waals surface area contributed by atoms with E-state index in [1.54, 1.807) is 24.1 Å². The number of carbonyl (C=O) groups is 1. The molecule has 0 radical (unpaired) electrons. The highest BCUT2D eigenvalue weighted by Gasteiger charge is 2.40. The van der Waals surface area contributed by atoms with Crippen LogP contribution in [0.4, 0.5) is 0 Å². The van der Waals surface area contributed by atoms with Gasteiger partial charge >= 0.3 is 0 Å². The van der Waals surface area contributed by atoms with Crippen LogP contribution in [-0.4, -0.2) is 23.0 Å². The number of aliphatic hydroxyl groups excluding tert-OH is 1. The number of rotatable bonds is 5. The summed E-state index contributed by atoms with van der Waals surface area (Å²) in [4.78, 5) is 14.7. The molecule has 0 bridgehead atoms. The molecule has 1 atom stereocenters. The molecule has 3 aromatic rings. The minimum Gasteiger partial charge on any atom is -0.503 e. The maximum absolute atomic E-state index is 13.0. The molecule has 1 aliphatic rings. The Hall–Kier alpha value is -3.24. The van der Waals surface area contributed by atoms with Gasteiger partial charge in [0.2, 0.25) is 0 Å². The minimum absolute atomic E-state index is 0.227. The maximum atomic E-state index is 13.0. The third kappa shape index (κ3) is 3.71. The zero-order valence-corrected chi connectivity index (χ0v) is 16.6. The number of hydrogen-bond donors (Lipinski definition) is 1. The molecule has 146 valence electrons. The van der Waals surface area contributed by atoms with Crippen LogP contribution in [0.15, 0.2) is 84.6 Å². The highest BCUT2D eigenvalue weighted by Crippen LogP contribution is 2.43. The first kappa shape index (κ1) is 19.1. The number of halogens is 1. The normalized spacial score (nSPS) is 16.4. The maximum Gasteiger partial charge on any atom is 0.290 e. The number of benzene rings is 3. The Labute approximate surface area is 174 Å². The average molecular weight is 406 g/mol. The number of methoxy groups -OCH3 is 1. The molecule has 0 fully saturated rings. The lowest BCUT2D eigenvalue weighted by Gasteiger charge is -2.27. The molecular weight excluding hydrogens is 386 g/mol. The SMILES string of the molecule is COc1ccc(CN2C(=O)C(O)=C(c3ccc(Cl)cc3)C2c2ccccc2)cc1. The van der Waals surface area contributed by atoms with E-state index in [0.29, 0.717) is 17.1 Å². The Kier molecular flexibility index (Phi) is 5.28. The first-order valence-corrected chi connectivity index (χ1v) is 9.64. The van der Waals surface area contributed by atoms with Gasteiger partial charge in [0, 0.05) is 17.1 Å². The molecule has 1 amide bonds. The largest absolute Gasteiger partial charge is 0.503 e. The van der Waals surface area contributed by atoms with Gasteiger partial charge in [-0.3, -0.25) is 4.79 Å². The first-order valence-electron chi connectivity index (χ1n) is 9.26. The van der Waals surface area contributed by atoms with Crippen LogP contribution in [-0.2, 0) is 11.3 Å². The highest BCUT2D eigenvalue weighted by atomic mass is 35.5. The van der Waals surface area contributed by atoms with Crippen LogP contribution < -0.4 is 4.74 Å². The predicted molar refractivity (Wildman–Crippen MR) is 114 cm³/mol. The minimum atomic E-state index is -0.396. The van der Waals surface area contributed by atoms with Crippen molar-refractivity contribution >= 4 is 23.1 Å². The molecule has 1 heterocycles. The van der Waals surface area contributed by atoms with Gasteiger partial charge in [0.05, 0.1) is 13.2 Å². The summed E-state index contributed by atoms with van der Waals surface area (Å²) in [6.45, 7) is 0.365. The fourth-order valence-corrected chi connectivity index (χ4v) is 3.78. The van der Waals surface area contributed by atoms with Crippen molar-refractivity contribution in [3.05, 3.63) is 106 Å². The summed E-state index contributed by atoms with van der Waals surface area (Å²) in [5.74, 6) is 0.137. The summed E-state index contributed by atoms with van der Waals surface area (Å²) >= 11 is 6.03. The van der Waals surface area contributed by atoms with Gasteiger partial charge in [-0.15, -0.1) is 0 Å². The Morgan fingerprint density at radius 1 is 0.966 bits per heavy atom. The number of ether oxygens (including phenoxy) is 1. The first-order chi connectivity index (χ1) is 14.1. The third-order valence-corrected chi connectivity index (χ3v) is 5.34. The van der Waals surface area contributed by atoms with E-state index in [4.69, 9.17) is 16.3 Å². The van der Waals surface area contributed by atoms with Gasteiger partial charge in [-0.1, -0.05) is 66.2 Å². The number of aliphatic hydroxyl groups is 1. The Morgan fingerprint density at radius 3 is 2.24 bits per heavy atom. The van der Waals surface area contributed by atoms with E-state index in [2.05, 4.69) is 0 Å². The summed E-state index contributed by atoms with van der Waals surface area (Å²) in [7, 11) is 1.62. The van der Waals surface area contributed by atoms with Crippen LogP contribution in [0.2, 0.25) is 5.02 Å². The second-order valence-electron chi connectivity index (χ2n) is 6.86. The van der Waals surface area contributed by atoms with Crippen LogP contribution in [0.1, 0.15) is 22.7 Å². The predicted octanol–water partition coefficient (Wildman–Crippen LogP) is 5.40. The van der Waals surface area contributed by atoms with Gasteiger partial charge in [-0.2, -0.15) is 0 Å². The zero-order chi connectivity index (χ0) is 20.4. The van der Waals surface area contributed by atoms with Crippen LogP contribution in [0.5, 0.6) is 5.75 Å². The standard InChI is InChI=1S/C24H20ClNO3/c1-29-20-13-7-16(8-14-20)15-26-22(18-5-3-2-4-6-18)21(23(27)24(26)28)17-9-11-19(25)12-10-17/h2-14,22,27H,15H2,1H3. The molecule has 0 spiro atoms. The summed E-state index contributed by atoms with van der Waals surface area (Å²) in [5, 5.41) is 11.4. The molecule has 4 nitrogen and oxygen atoms in total. The molecular formula is C24H20ClNO3. The van der Waals surface area contributed by atoms with Gasteiger partial charge in [-0.05, 0) is 41.0 Å². The van der Waals surface area contributed by atoms with Crippen molar-refractivity contribution in [2.75, 3.05) is 7.11 Å². The Morgan fingerprint density at radius 2 is 1.62 bits per heavy atom. The third-order valence-electron chi connectivity index (χ3n) is 5.09. The molecule has 1 unspecified atom stereocenters. The topological polar surface area (TPSA) is 49.8 Å². The fourth-order valence-electron chi connectivity index (χ4n) is 3.65. The fraction of sp³-hybridized carbons (Fsp3) is 0.125. The summed E-state index contributed by atoms with van der Waals surface area (Å²) in [6, 6.07) is 24.1. The quantitative estimate of drug-likeness (QED) is 0.618. The molecule has 0 saturated heterocycles. The van der Waals surface area contributed by atoms with Crippen molar-refractivity contribution in [3.8, 4) is 5.75 Å². The van der Waals surface area contributed by atoms with Crippen LogP contribution in [0.25, 0.3) is 5.57 Å². The van der Waals surface area contributed by atoms with Crippen molar-refractivity contribution in [1.29, 1.82) is 0 Å². The Bertz CT molecular complexity index is 1040. The van der Waals surface area contributed by atoms with Crippen molar-refractivity contribution in [2.24, 2.45) is 0 Å². The van der Waals surface area contributed by atoms with Gasteiger partial charge in [0.1, 0.15) is 5.75 Å². The number of hydrogen-bond acceptors (Lipinski definition) is 3. The van der Waals surface area contributed by atoms with Crippen molar-refractivity contribution < 1.29 is 14.6 Å². The van der Waals surface area contributed by atoms with Gasteiger partial charge < -0.3 is 14.7 Å². The smallest absolute Gasteiger partial charge is 0.290 e. The average Bonchev–Trinajstić information content (AvgIpc) is 3.00. The summed E-state index contributed by atoms with van der Waals surface area (Å²) in [6.07, 6.45) is 0. The van der Waals surface area contributed by atoms with E-state index in [1.165, 1.54) is 0 Å². The molecule has 1 N–H and O–H groups in total. The lowest BCUT2D eigenvalue weighted by Crippen LogP contribution is -2.29. The van der Waals surface area contributed by atoms with E-state index in [1.807, 2.05) is 66.7 Å². The monoisotopic (exact) mass is 405 g/mol. The van der Waals surface area contributed by atoms with Crippen LogP contribution >= 0.6 is 11.6 Å². The lowest BCUT2D eigenvalue weighted by atomic mass is 9.93. The van der Waals surface area contributed by atoms with Gasteiger partial charge in [0.25, 0.3) is 5.91 Å². The van der Waals surface area contributed by atoms with Crippen molar-refractivity contribution in [3.63, 3.8) is 0 Å². The van der Waals surface area contributed by atoms with E-state index in [0.717, 1.165) is 22.4 Å². The number of nitrogens with zero attached hydrogens (tertiary/aromatic N) is 1. The molecule has 5 heteroatoms. The van der Waals surface area contributed by atoms with E-state index < -0.39 is 6.04 Å². The number of amides is 1. The van der Waals surface area contributed by atoms with Crippen LogP contribution in [0, 0.1) is 0 Å². The molecule has 1 aliphatic heterocycles. The van der Waals surface area contributed by atoms with Gasteiger partial charge in [0.15, 0.2) is 5.76 Å². The van der Waals surface area contributed by atoms with E-state index >= 15 is 0 Å². The van der Waals surface area contributed by atoms with E-state index in [-0.39, 0.29) is 11.7 Å². The second kappa shape index (κ2) is 8.02. The van der Waals surface area contributed by atoms with Crippen molar-refractivity contribution in [2.45, 2.75) is 12.6 Å². The lowest BCUT2D eigenvalue weighted by molar-refractivity contribution is -0.130. The summed E-state index contributed by atoms with van der Waals surface area (Å²) in [5.41, 5.74) is 3.24. The highest BCUT2D eigenvalue weighted by molar-refractivity contribution is 6.30. The van der Waals surface area contributed by atoms with E-state index in [9.17, 15) is 9.90 Å². The van der Waals surface area contributed by atoms with Crippen LogP contribution in [0.3, 0.4) is 0 Å².